The third-order valence-corrected chi connectivity index (χ3v) is 4.48. The van der Waals surface area contributed by atoms with Crippen LogP contribution < -0.4 is 0 Å². The van der Waals surface area contributed by atoms with Gasteiger partial charge in [-0.2, -0.15) is 0 Å². The van der Waals surface area contributed by atoms with Gasteiger partial charge < -0.3 is 19.0 Å². The monoisotopic (exact) mass is 364 g/mol. The lowest BCUT2D eigenvalue weighted by Gasteiger charge is -2.32. The number of nitrogens with zero attached hydrogens (tertiary/aromatic N) is 2. The smallest absolute Gasteiger partial charge is 0.242 e. The Morgan fingerprint density at radius 2 is 2.04 bits per heavy atom. The SMILES string of the molecule is CCCN(CC(=O)N(Cc1ccco1)CC1CCCO1)C(=O)C(C)(C)C. The van der Waals surface area contributed by atoms with Crippen molar-refractivity contribution in [2.24, 2.45) is 5.41 Å². The summed E-state index contributed by atoms with van der Waals surface area (Å²) < 4.78 is 11.1. The quantitative estimate of drug-likeness (QED) is 0.711. The molecule has 0 bridgehead atoms. The van der Waals surface area contributed by atoms with Crippen molar-refractivity contribution in [1.29, 1.82) is 0 Å². The zero-order valence-electron chi connectivity index (χ0n) is 16.5. The maximum Gasteiger partial charge on any atom is 0.242 e. The third-order valence-electron chi connectivity index (χ3n) is 4.48. The Hall–Kier alpha value is -1.82. The minimum atomic E-state index is -0.504. The molecule has 1 aromatic heterocycles. The van der Waals surface area contributed by atoms with E-state index in [0.717, 1.165) is 31.6 Å². The molecule has 26 heavy (non-hydrogen) atoms. The van der Waals surface area contributed by atoms with E-state index in [4.69, 9.17) is 9.15 Å². The van der Waals surface area contributed by atoms with E-state index in [-0.39, 0.29) is 24.5 Å². The van der Waals surface area contributed by atoms with E-state index in [1.54, 1.807) is 16.1 Å². The molecule has 2 rings (SSSR count). The van der Waals surface area contributed by atoms with Crippen LogP contribution in [0.5, 0.6) is 0 Å². The summed E-state index contributed by atoms with van der Waals surface area (Å²) in [6.45, 7) is 10.0. The van der Waals surface area contributed by atoms with Gasteiger partial charge in [0.05, 0.1) is 25.5 Å². The second kappa shape index (κ2) is 9.21. The molecule has 0 saturated carbocycles. The van der Waals surface area contributed by atoms with E-state index in [1.807, 2.05) is 39.8 Å². The van der Waals surface area contributed by atoms with Crippen molar-refractivity contribution in [3.63, 3.8) is 0 Å². The van der Waals surface area contributed by atoms with Gasteiger partial charge in [-0.25, -0.2) is 0 Å². The molecule has 0 spiro atoms. The zero-order valence-corrected chi connectivity index (χ0v) is 16.5. The maximum absolute atomic E-state index is 13.0. The second-order valence-electron chi connectivity index (χ2n) is 7.97. The number of carbonyl (C=O) groups is 2. The minimum absolute atomic E-state index is 0.00256. The van der Waals surface area contributed by atoms with Crippen LogP contribution in [0.1, 0.15) is 52.7 Å². The molecule has 1 saturated heterocycles. The molecule has 0 aliphatic carbocycles. The van der Waals surface area contributed by atoms with Crippen LogP contribution in [-0.4, -0.2) is 54.0 Å². The maximum atomic E-state index is 13.0. The molecule has 0 aromatic carbocycles. The second-order valence-corrected chi connectivity index (χ2v) is 7.97. The van der Waals surface area contributed by atoms with E-state index >= 15 is 0 Å². The summed E-state index contributed by atoms with van der Waals surface area (Å²) in [4.78, 5) is 29.1. The highest BCUT2D eigenvalue weighted by atomic mass is 16.5. The Bertz CT molecular complexity index is 571. The number of hydrogen-bond acceptors (Lipinski definition) is 4. The fourth-order valence-corrected chi connectivity index (χ4v) is 3.14. The Morgan fingerprint density at radius 1 is 1.27 bits per heavy atom. The minimum Gasteiger partial charge on any atom is -0.467 e. The number of furan rings is 1. The van der Waals surface area contributed by atoms with Crippen molar-refractivity contribution in [2.75, 3.05) is 26.2 Å². The van der Waals surface area contributed by atoms with Gasteiger partial charge in [0.25, 0.3) is 0 Å². The highest BCUT2D eigenvalue weighted by Crippen LogP contribution is 2.19. The molecule has 0 radical (unpaired) electrons. The Kier molecular flexibility index (Phi) is 7.26. The van der Waals surface area contributed by atoms with Gasteiger partial charge in [0, 0.05) is 25.1 Å². The van der Waals surface area contributed by atoms with Crippen molar-refractivity contribution >= 4 is 11.8 Å². The molecule has 2 amide bonds. The molecule has 0 N–H and O–H groups in total. The topological polar surface area (TPSA) is 63.0 Å². The lowest BCUT2D eigenvalue weighted by Crippen LogP contribution is -2.48. The largest absolute Gasteiger partial charge is 0.467 e. The first-order valence-electron chi connectivity index (χ1n) is 9.52. The average Bonchev–Trinajstić information content (AvgIpc) is 3.26. The Balaban J connectivity index is 2.08. The van der Waals surface area contributed by atoms with Gasteiger partial charge in [0.15, 0.2) is 0 Å². The summed E-state index contributed by atoms with van der Waals surface area (Å²) in [5.74, 6) is 0.672. The van der Waals surface area contributed by atoms with Gasteiger partial charge >= 0.3 is 0 Å². The van der Waals surface area contributed by atoms with Gasteiger partial charge in [0.2, 0.25) is 11.8 Å². The van der Waals surface area contributed by atoms with E-state index in [9.17, 15) is 9.59 Å². The standard InChI is InChI=1S/C20H32N2O4/c1-5-10-21(19(24)20(2,3)4)15-18(23)22(13-16-8-6-11-25-16)14-17-9-7-12-26-17/h6,8,11,17H,5,7,9-10,12-15H2,1-4H3. The fourth-order valence-electron chi connectivity index (χ4n) is 3.14. The molecule has 1 aliphatic heterocycles. The Labute approximate surface area is 156 Å². The molecule has 1 atom stereocenters. The summed E-state index contributed by atoms with van der Waals surface area (Å²) in [6, 6.07) is 3.68. The van der Waals surface area contributed by atoms with E-state index in [2.05, 4.69) is 0 Å². The first kappa shape index (κ1) is 20.5. The van der Waals surface area contributed by atoms with E-state index in [0.29, 0.717) is 19.6 Å². The predicted molar refractivity (Wildman–Crippen MR) is 99.4 cm³/mol. The molecule has 1 aliphatic rings. The molecule has 6 nitrogen and oxygen atoms in total. The van der Waals surface area contributed by atoms with Gasteiger partial charge in [-0.15, -0.1) is 0 Å². The number of ether oxygens (including phenoxy) is 1. The van der Waals surface area contributed by atoms with Gasteiger partial charge in [0.1, 0.15) is 5.76 Å². The fraction of sp³-hybridized carbons (Fsp3) is 0.700. The van der Waals surface area contributed by atoms with Crippen LogP contribution in [0.25, 0.3) is 0 Å². The number of rotatable bonds is 8. The van der Waals surface area contributed by atoms with Crippen LogP contribution in [0.15, 0.2) is 22.8 Å². The van der Waals surface area contributed by atoms with Crippen LogP contribution in [0.4, 0.5) is 0 Å². The highest BCUT2D eigenvalue weighted by Gasteiger charge is 2.30. The van der Waals surface area contributed by atoms with Crippen molar-refractivity contribution in [3.8, 4) is 0 Å². The molecular formula is C20H32N2O4. The lowest BCUT2D eigenvalue weighted by atomic mass is 9.94. The molecule has 146 valence electrons. The van der Waals surface area contributed by atoms with Crippen molar-refractivity contribution in [2.45, 2.75) is 59.6 Å². The molecule has 2 heterocycles. The molecule has 6 heteroatoms. The third kappa shape index (κ3) is 5.87. The predicted octanol–water partition coefficient (Wildman–Crippen LogP) is 3.07. The lowest BCUT2D eigenvalue weighted by molar-refractivity contribution is -0.146. The normalized spacial score (nSPS) is 17.3. The van der Waals surface area contributed by atoms with E-state index in [1.165, 1.54) is 0 Å². The first-order chi connectivity index (χ1) is 12.3. The molecule has 1 aromatic rings. The number of amides is 2. The summed E-state index contributed by atoms with van der Waals surface area (Å²) in [7, 11) is 0. The first-order valence-corrected chi connectivity index (χ1v) is 9.52. The van der Waals surface area contributed by atoms with Crippen LogP contribution in [0.2, 0.25) is 0 Å². The molecular weight excluding hydrogens is 332 g/mol. The molecule has 1 fully saturated rings. The van der Waals surface area contributed by atoms with Crippen molar-refractivity contribution in [1.82, 2.24) is 9.80 Å². The van der Waals surface area contributed by atoms with Crippen LogP contribution in [0.3, 0.4) is 0 Å². The number of hydrogen-bond donors (Lipinski definition) is 0. The Morgan fingerprint density at radius 3 is 2.58 bits per heavy atom. The summed E-state index contributed by atoms with van der Waals surface area (Å²) in [6.07, 6.45) is 4.47. The van der Waals surface area contributed by atoms with Crippen molar-refractivity contribution < 1.29 is 18.7 Å². The summed E-state index contributed by atoms with van der Waals surface area (Å²) in [5.41, 5.74) is -0.504. The van der Waals surface area contributed by atoms with Crippen LogP contribution >= 0.6 is 0 Å². The van der Waals surface area contributed by atoms with Gasteiger partial charge in [-0.1, -0.05) is 27.7 Å². The summed E-state index contributed by atoms with van der Waals surface area (Å²) >= 11 is 0. The van der Waals surface area contributed by atoms with Crippen molar-refractivity contribution in [3.05, 3.63) is 24.2 Å². The highest BCUT2D eigenvalue weighted by molar-refractivity contribution is 5.87. The average molecular weight is 364 g/mol. The van der Waals surface area contributed by atoms with Crippen LogP contribution in [0, 0.1) is 5.41 Å². The zero-order chi connectivity index (χ0) is 19.2. The summed E-state index contributed by atoms with van der Waals surface area (Å²) in [5, 5.41) is 0. The van der Waals surface area contributed by atoms with Gasteiger partial charge in [-0.05, 0) is 31.4 Å². The van der Waals surface area contributed by atoms with E-state index < -0.39 is 5.41 Å². The molecule has 1 unspecified atom stereocenters. The van der Waals surface area contributed by atoms with Gasteiger partial charge in [-0.3, -0.25) is 9.59 Å². The number of carbonyl (C=O) groups excluding carboxylic acids is 2. The van der Waals surface area contributed by atoms with Crippen LogP contribution in [-0.2, 0) is 20.9 Å².